The summed E-state index contributed by atoms with van der Waals surface area (Å²) in [6.07, 6.45) is 3.01. The number of aryl methyl sites for hydroxylation is 1. The number of nitrogens with one attached hydrogen (secondary N) is 1. The Bertz CT molecular complexity index is 1280. The summed E-state index contributed by atoms with van der Waals surface area (Å²) in [6, 6.07) is 12.5. The highest BCUT2D eigenvalue weighted by atomic mass is 19.1. The first kappa shape index (κ1) is 21.2. The van der Waals surface area contributed by atoms with Crippen molar-refractivity contribution < 1.29 is 19.0 Å². The molecule has 0 radical (unpaired) electrons. The number of benzene rings is 2. The van der Waals surface area contributed by atoms with Gasteiger partial charge in [0.1, 0.15) is 12.4 Å². The van der Waals surface area contributed by atoms with Crippen LogP contribution >= 0.6 is 0 Å². The third kappa shape index (κ3) is 4.22. The second-order valence-electron chi connectivity index (χ2n) is 8.03. The molecule has 2 N–H and O–H groups in total. The first-order chi connectivity index (χ1) is 15.2. The van der Waals surface area contributed by atoms with Gasteiger partial charge < -0.3 is 19.7 Å². The van der Waals surface area contributed by atoms with Crippen molar-refractivity contribution >= 4 is 28.6 Å². The maximum absolute atomic E-state index is 14.8. The maximum Gasteiger partial charge on any atom is 0.316 e. The highest BCUT2D eigenvalue weighted by Crippen LogP contribution is 2.27. The standard InChI is InChI=1S/C23H22FN5O3/c1-23(2,20(30)31)13-32-22-25-11-15(12-26-22)14-8-9-17(16(24)10-14)27-21-28-18-6-4-5-7-19(18)29(21)3/h4-12H,13H2,1-3H3,(H,27,28)(H,30,31). The molecule has 0 aliphatic rings. The number of para-hydroxylation sites is 2. The van der Waals surface area contributed by atoms with E-state index in [1.165, 1.54) is 18.5 Å². The van der Waals surface area contributed by atoms with Crippen LogP contribution in [0.25, 0.3) is 22.2 Å². The lowest BCUT2D eigenvalue weighted by Crippen LogP contribution is -2.31. The van der Waals surface area contributed by atoms with Crippen LogP contribution in [0.4, 0.5) is 16.0 Å². The van der Waals surface area contributed by atoms with Crippen molar-refractivity contribution in [3.05, 3.63) is 60.7 Å². The summed E-state index contributed by atoms with van der Waals surface area (Å²) in [5.74, 6) is -0.887. The number of carbonyl (C=O) groups is 1. The number of carboxylic acids is 1. The molecule has 32 heavy (non-hydrogen) atoms. The van der Waals surface area contributed by atoms with E-state index in [2.05, 4.69) is 20.3 Å². The van der Waals surface area contributed by atoms with Crippen LogP contribution in [-0.4, -0.2) is 37.2 Å². The summed E-state index contributed by atoms with van der Waals surface area (Å²) in [5.41, 5.74) is 2.19. The molecule has 0 atom stereocenters. The van der Waals surface area contributed by atoms with Gasteiger partial charge in [0.05, 0.1) is 22.1 Å². The zero-order valence-electron chi connectivity index (χ0n) is 17.8. The second-order valence-corrected chi connectivity index (χ2v) is 8.03. The topological polar surface area (TPSA) is 102 Å². The van der Waals surface area contributed by atoms with Crippen molar-refractivity contribution in [1.82, 2.24) is 19.5 Å². The first-order valence-corrected chi connectivity index (χ1v) is 9.91. The number of aliphatic carboxylic acids is 1. The maximum atomic E-state index is 14.8. The van der Waals surface area contributed by atoms with Crippen molar-refractivity contribution in [3.63, 3.8) is 0 Å². The molecule has 0 fully saturated rings. The molecule has 0 amide bonds. The van der Waals surface area contributed by atoms with Crippen LogP contribution in [0.1, 0.15) is 13.8 Å². The third-order valence-corrected chi connectivity index (χ3v) is 5.11. The van der Waals surface area contributed by atoms with Crippen LogP contribution in [0.5, 0.6) is 6.01 Å². The van der Waals surface area contributed by atoms with Crippen LogP contribution < -0.4 is 10.1 Å². The molecule has 2 heterocycles. The monoisotopic (exact) mass is 435 g/mol. The molecular weight excluding hydrogens is 413 g/mol. The van der Waals surface area contributed by atoms with Crippen molar-refractivity contribution in [2.45, 2.75) is 13.8 Å². The minimum Gasteiger partial charge on any atom is -0.481 e. The molecule has 164 valence electrons. The molecular formula is C23H22FN5O3. The molecule has 0 saturated heterocycles. The number of hydrogen-bond donors (Lipinski definition) is 2. The zero-order chi connectivity index (χ0) is 22.9. The number of ether oxygens (including phenoxy) is 1. The van der Waals surface area contributed by atoms with Gasteiger partial charge in [0.15, 0.2) is 0 Å². The fourth-order valence-electron chi connectivity index (χ4n) is 3.02. The molecule has 0 unspecified atom stereocenters. The van der Waals surface area contributed by atoms with Gasteiger partial charge in [-0.3, -0.25) is 4.79 Å². The lowest BCUT2D eigenvalue weighted by atomic mass is 9.95. The summed E-state index contributed by atoms with van der Waals surface area (Å²) in [5, 5.41) is 12.2. The van der Waals surface area contributed by atoms with Crippen LogP contribution in [-0.2, 0) is 11.8 Å². The van der Waals surface area contributed by atoms with E-state index >= 15 is 0 Å². The summed E-state index contributed by atoms with van der Waals surface area (Å²) >= 11 is 0. The van der Waals surface area contributed by atoms with Gasteiger partial charge in [-0.05, 0) is 43.7 Å². The molecule has 0 spiro atoms. The first-order valence-electron chi connectivity index (χ1n) is 9.91. The Balaban J connectivity index is 1.49. The van der Waals surface area contributed by atoms with E-state index in [1.54, 1.807) is 26.0 Å². The number of rotatable bonds is 7. The largest absolute Gasteiger partial charge is 0.481 e. The molecule has 4 rings (SSSR count). The number of nitrogens with zero attached hydrogens (tertiary/aromatic N) is 4. The number of hydrogen-bond acceptors (Lipinski definition) is 6. The summed E-state index contributed by atoms with van der Waals surface area (Å²) < 4.78 is 22.0. The number of anilines is 2. The second kappa shape index (κ2) is 8.26. The van der Waals surface area contributed by atoms with E-state index < -0.39 is 17.2 Å². The molecule has 9 heteroatoms. The van der Waals surface area contributed by atoms with Gasteiger partial charge in [-0.15, -0.1) is 0 Å². The summed E-state index contributed by atoms with van der Waals surface area (Å²) in [7, 11) is 1.86. The molecule has 4 aromatic rings. The van der Waals surface area contributed by atoms with Crippen molar-refractivity contribution in [2.75, 3.05) is 11.9 Å². The molecule has 0 aliphatic heterocycles. The van der Waals surface area contributed by atoms with Gasteiger partial charge in [0, 0.05) is 25.0 Å². The molecule has 0 bridgehead atoms. The lowest BCUT2D eigenvalue weighted by molar-refractivity contribution is -0.148. The normalized spacial score (nSPS) is 11.5. The highest BCUT2D eigenvalue weighted by molar-refractivity contribution is 5.79. The predicted octanol–water partition coefficient (Wildman–Crippen LogP) is 4.40. The smallest absolute Gasteiger partial charge is 0.316 e. The lowest BCUT2D eigenvalue weighted by Gasteiger charge is -2.18. The van der Waals surface area contributed by atoms with E-state index in [-0.39, 0.29) is 12.6 Å². The minimum atomic E-state index is -1.06. The van der Waals surface area contributed by atoms with Crippen LogP contribution in [0.2, 0.25) is 0 Å². The van der Waals surface area contributed by atoms with E-state index in [1.807, 2.05) is 35.9 Å². The van der Waals surface area contributed by atoms with E-state index in [4.69, 9.17) is 9.84 Å². The van der Waals surface area contributed by atoms with Gasteiger partial charge in [-0.1, -0.05) is 18.2 Å². The van der Waals surface area contributed by atoms with Crippen molar-refractivity contribution in [2.24, 2.45) is 12.5 Å². The van der Waals surface area contributed by atoms with Gasteiger partial charge in [0.25, 0.3) is 0 Å². The van der Waals surface area contributed by atoms with Gasteiger partial charge in [0.2, 0.25) is 5.95 Å². The summed E-state index contributed by atoms with van der Waals surface area (Å²) in [4.78, 5) is 23.8. The van der Waals surface area contributed by atoms with Crippen molar-refractivity contribution in [3.8, 4) is 17.1 Å². The highest BCUT2D eigenvalue weighted by Gasteiger charge is 2.28. The van der Waals surface area contributed by atoms with Crippen molar-refractivity contribution in [1.29, 1.82) is 0 Å². The number of imidazole rings is 1. The number of carboxylic acid groups (broad SMARTS) is 1. The minimum absolute atomic E-state index is 0.0590. The molecule has 2 aromatic heterocycles. The summed E-state index contributed by atoms with van der Waals surface area (Å²) in [6.45, 7) is 3.03. The average molecular weight is 435 g/mol. The molecule has 2 aromatic carbocycles. The van der Waals surface area contributed by atoms with Crippen LogP contribution in [0.15, 0.2) is 54.9 Å². The number of fused-ring (bicyclic) bond motifs is 1. The Kier molecular flexibility index (Phi) is 5.48. The Morgan fingerprint density at radius 2 is 1.88 bits per heavy atom. The Morgan fingerprint density at radius 1 is 1.16 bits per heavy atom. The zero-order valence-corrected chi connectivity index (χ0v) is 17.8. The quantitative estimate of drug-likeness (QED) is 0.443. The third-order valence-electron chi connectivity index (χ3n) is 5.11. The van der Waals surface area contributed by atoms with Gasteiger partial charge >= 0.3 is 12.0 Å². The Labute approximate surface area is 183 Å². The molecule has 0 saturated carbocycles. The predicted molar refractivity (Wildman–Crippen MR) is 118 cm³/mol. The number of aromatic nitrogens is 4. The van der Waals surface area contributed by atoms with Crippen LogP contribution in [0.3, 0.4) is 0 Å². The average Bonchev–Trinajstić information content (AvgIpc) is 3.09. The molecule has 0 aliphatic carbocycles. The fraction of sp³-hybridized carbons (Fsp3) is 0.217. The van der Waals surface area contributed by atoms with Gasteiger partial charge in [-0.25, -0.2) is 19.3 Å². The number of halogens is 1. The van der Waals surface area contributed by atoms with E-state index in [0.717, 1.165) is 11.0 Å². The van der Waals surface area contributed by atoms with Gasteiger partial charge in [-0.2, -0.15) is 0 Å². The Morgan fingerprint density at radius 3 is 2.53 bits per heavy atom. The Hall–Kier alpha value is -4.01. The SMILES string of the molecule is Cn1c(Nc2ccc(-c3cnc(OCC(C)(C)C(=O)O)nc3)cc2F)nc2ccccc21. The molecule has 8 nitrogen and oxygen atoms in total. The van der Waals surface area contributed by atoms with E-state index in [0.29, 0.717) is 22.8 Å². The fourth-order valence-corrected chi connectivity index (χ4v) is 3.02. The van der Waals surface area contributed by atoms with E-state index in [9.17, 15) is 9.18 Å². The van der Waals surface area contributed by atoms with Crippen LogP contribution in [0, 0.1) is 11.2 Å².